The van der Waals surface area contributed by atoms with E-state index in [4.69, 9.17) is 14.2 Å². The number of anilines is 1. The maximum Gasteiger partial charge on any atom is 0.251 e. The molecule has 0 saturated carbocycles. The molecule has 7 heteroatoms. The second kappa shape index (κ2) is 7.99. The maximum atomic E-state index is 12.5. The lowest BCUT2D eigenvalue weighted by molar-refractivity contribution is -0.117. The predicted octanol–water partition coefficient (Wildman–Crippen LogP) is 2.25. The lowest BCUT2D eigenvalue weighted by Gasteiger charge is -2.19. The molecule has 0 bridgehead atoms. The standard InChI is InChI=1S/C20H22N2O5/c1-25-16-6-4-5-13(9-16)20(24)21-14-10-19(23)22(12-14)15-7-8-17(26-2)18(11-15)27-3/h4-9,11,14H,10,12H2,1-3H3,(H,21,24). The van der Waals surface area contributed by atoms with E-state index in [2.05, 4.69) is 5.32 Å². The number of benzene rings is 2. The molecule has 1 saturated heterocycles. The van der Waals surface area contributed by atoms with Crippen molar-refractivity contribution in [3.05, 3.63) is 48.0 Å². The van der Waals surface area contributed by atoms with Crippen LogP contribution in [0, 0.1) is 0 Å². The first kappa shape index (κ1) is 18.6. The number of carbonyl (C=O) groups is 2. The highest BCUT2D eigenvalue weighted by Gasteiger charge is 2.32. The van der Waals surface area contributed by atoms with Crippen molar-refractivity contribution in [3.63, 3.8) is 0 Å². The van der Waals surface area contributed by atoms with Gasteiger partial charge in [-0.25, -0.2) is 0 Å². The van der Waals surface area contributed by atoms with E-state index in [1.54, 1.807) is 68.7 Å². The van der Waals surface area contributed by atoms with E-state index in [-0.39, 0.29) is 24.3 Å². The van der Waals surface area contributed by atoms with Crippen LogP contribution in [0.25, 0.3) is 0 Å². The predicted molar refractivity (Wildman–Crippen MR) is 101 cm³/mol. The third-order valence-electron chi connectivity index (χ3n) is 4.47. The van der Waals surface area contributed by atoms with Crippen molar-refractivity contribution in [2.75, 3.05) is 32.8 Å². The average Bonchev–Trinajstić information content (AvgIpc) is 3.07. The fraction of sp³-hybridized carbons (Fsp3) is 0.300. The molecule has 1 aliphatic rings. The molecule has 0 radical (unpaired) electrons. The van der Waals surface area contributed by atoms with Crippen LogP contribution < -0.4 is 24.4 Å². The van der Waals surface area contributed by atoms with Crippen LogP contribution >= 0.6 is 0 Å². The van der Waals surface area contributed by atoms with Gasteiger partial charge in [-0.3, -0.25) is 9.59 Å². The summed E-state index contributed by atoms with van der Waals surface area (Å²) in [5.74, 6) is 1.46. The van der Waals surface area contributed by atoms with Crippen LogP contribution in [0.5, 0.6) is 17.2 Å². The fourth-order valence-corrected chi connectivity index (χ4v) is 3.08. The van der Waals surface area contributed by atoms with E-state index in [1.807, 2.05) is 0 Å². The minimum absolute atomic E-state index is 0.0573. The third-order valence-corrected chi connectivity index (χ3v) is 4.47. The number of rotatable bonds is 6. The molecule has 2 aromatic rings. The lowest BCUT2D eigenvalue weighted by Crippen LogP contribution is -2.37. The highest BCUT2D eigenvalue weighted by molar-refractivity contribution is 5.99. The Kier molecular flexibility index (Phi) is 5.49. The van der Waals surface area contributed by atoms with Gasteiger partial charge in [0.05, 0.1) is 27.4 Å². The minimum atomic E-state index is -0.274. The Morgan fingerprint density at radius 2 is 1.81 bits per heavy atom. The van der Waals surface area contributed by atoms with Gasteiger partial charge in [0.1, 0.15) is 5.75 Å². The number of methoxy groups -OCH3 is 3. The molecule has 2 aromatic carbocycles. The summed E-state index contributed by atoms with van der Waals surface area (Å²) in [7, 11) is 4.65. The lowest BCUT2D eigenvalue weighted by atomic mass is 10.1. The van der Waals surface area contributed by atoms with Crippen molar-refractivity contribution < 1.29 is 23.8 Å². The average molecular weight is 370 g/mol. The Balaban J connectivity index is 1.71. The van der Waals surface area contributed by atoms with E-state index in [0.29, 0.717) is 35.0 Å². The van der Waals surface area contributed by atoms with Crippen LogP contribution in [-0.4, -0.2) is 45.7 Å². The Bertz CT molecular complexity index is 852. The summed E-state index contributed by atoms with van der Waals surface area (Å²) in [6.45, 7) is 0.393. The Labute approximate surface area is 157 Å². The summed E-state index contributed by atoms with van der Waals surface area (Å²) in [6, 6.07) is 11.9. The highest BCUT2D eigenvalue weighted by atomic mass is 16.5. The van der Waals surface area contributed by atoms with Crippen molar-refractivity contribution in [1.82, 2.24) is 5.32 Å². The molecule has 1 N–H and O–H groups in total. The SMILES string of the molecule is COc1cccc(C(=O)NC2CC(=O)N(c3ccc(OC)c(OC)c3)C2)c1. The van der Waals surface area contributed by atoms with Gasteiger partial charge in [0, 0.05) is 30.3 Å². The molecule has 1 unspecified atom stereocenters. The van der Waals surface area contributed by atoms with E-state index in [0.717, 1.165) is 0 Å². The first-order valence-corrected chi connectivity index (χ1v) is 8.53. The number of nitrogens with one attached hydrogen (secondary N) is 1. The van der Waals surface area contributed by atoms with E-state index in [1.165, 1.54) is 0 Å². The molecular formula is C20H22N2O5. The molecule has 0 aliphatic carbocycles. The molecular weight excluding hydrogens is 348 g/mol. The van der Waals surface area contributed by atoms with E-state index >= 15 is 0 Å². The van der Waals surface area contributed by atoms with Gasteiger partial charge >= 0.3 is 0 Å². The van der Waals surface area contributed by atoms with Crippen LogP contribution in [0.2, 0.25) is 0 Å². The van der Waals surface area contributed by atoms with Crippen LogP contribution in [-0.2, 0) is 4.79 Å². The number of carbonyl (C=O) groups excluding carboxylic acids is 2. The first-order chi connectivity index (χ1) is 13.0. The zero-order valence-corrected chi connectivity index (χ0v) is 15.5. The number of nitrogens with zero attached hydrogens (tertiary/aromatic N) is 1. The summed E-state index contributed by atoms with van der Waals surface area (Å²) in [5.41, 5.74) is 1.20. The largest absolute Gasteiger partial charge is 0.497 e. The maximum absolute atomic E-state index is 12.5. The van der Waals surface area contributed by atoms with Gasteiger partial charge in [0.15, 0.2) is 11.5 Å². The van der Waals surface area contributed by atoms with Crippen LogP contribution in [0.4, 0.5) is 5.69 Å². The van der Waals surface area contributed by atoms with Gasteiger partial charge in [-0.15, -0.1) is 0 Å². The topological polar surface area (TPSA) is 77.1 Å². The minimum Gasteiger partial charge on any atom is -0.497 e. The zero-order chi connectivity index (χ0) is 19.4. The number of hydrogen-bond donors (Lipinski definition) is 1. The molecule has 142 valence electrons. The molecule has 7 nitrogen and oxygen atoms in total. The molecule has 27 heavy (non-hydrogen) atoms. The van der Waals surface area contributed by atoms with Crippen molar-refractivity contribution in [2.45, 2.75) is 12.5 Å². The fourth-order valence-electron chi connectivity index (χ4n) is 3.08. The molecule has 1 atom stereocenters. The van der Waals surface area contributed by atoms with Crippen molar-refractivity contribution in [3.8, 4) is 17.2 Å². The molecule has 0 spiro atoms. The van der Waals surface area contributed by atoms with E-state index < -0.39 is 0 Å². The van der Waals surface area contributed by atoms with E-state index in [9.17, 15) is 9.59 Å². The molecule has 2 amide bonds. The van der Waals surface area contributed by atoms with Crippen molar-refractivity contribution >= 4 is 17.5 Å². The summed E-state index contributed by atoms with van der Waals surface area (Å²) in [4.78, 5) is 26.5. The smallest absolute Gasteiger partial charge is 0.251 e. The van der Waals surface area contributed by atoms with Crippen molar-refractivity contribution in [2.24, 2.45) is 0 Å². The Hall–Kier alpha value is -3.22. The van der Waals surface area contributed by atoms with Gasteiger partial charge < -0.3 is 24.4 Å². The second-order valence-electron chi connectivity index (χ2n) is 6.15. The third kappa shape index (κ3) is 3.97. The van der Waals surface area contributed by atoms with Crippen LogP contribution in [0.15, 0.2) is 42.5 Å². The number of ether oxygens (including phenoxy) is 3. The summed E-state index contributed by atoms with van der Waals surface area (Å²) in [5, 5.41) is 2.91. The first-order valence-electron chi connectivity index (χ1n) is 8.53. The number of hydrogen-bond acceptors (Lipinski definition) is 5. The Morgan fingerprint density at radius 1 is 1.04 bits per heavy atom. The van der Waals surface area contributed by atoms with Crippen molar-refractivity contribution in [1.29, 1.82) is 0 Å². The van der Waals surface area contributed by atoms with Gasteiger partial charge in [-0.2, -0.15) is 0 Å². The van der Waals surface area contributed by atoms with Crippen LogP contribution in [0.1, 0.15) is 16.8 Å². The normalized spacial score (nSPS) is 16.2. The Morgan fingerprint density at radius 3 is 2.52 bits per heavy atom. The van der Waals surface area contributed by atoms with Gasteiger partial charge in [0.25, 0.3) is 5.91 Å². The monoisotopic (exact) mass is 370 g/mol. The zero-order valence-electron chi connectivity index (χ0n) is 15.5. The number of amides is 2. The molecule has 1 heterocycles. The second-order valence-corrected chi connectivity index (χ2v) is 6.15. The molecule has 3 rings (SSSR count). The molecule has 1 aliphatic heterocycles. The van der Waals surface area contributed by atoms with Gasteiger partial charge in [0.2, 0.25) is 5.91 Å². The van der Waals surface area contributed by atoms with Crippen LogP contribution in [0.3, 0.4) is 0 Å². The highest BCUT2D eigenvalue weighted by Crippen LogP contribution is 2.33. The van der Waals surface area contributed by atoms with Gasteiger partial charge in [-0.1, -0.05) is 6.07 Å². The van der Waals surface area contributed by atoms with Gasteiger partial charge in [-0.05, 0) is 30.3 Å². The quantitative estimate of drug-likeness (QED) is 0.844. The summed E-state index contributed by atoms with van der Waals surface area (Å²) in [6.07, 6.45) is 0.240. The molecule has 0 aromatic heterocycles. The summed E-state index contributed by atoms with van der Waals surface area (Å²) < 4.78 is 15.7. The molecule has 1 fully saturated rings. The summed E-state index contributed by atoms with van der Waals surface area (Å²) >= 11 is 0.